The third-order valence-electron chi connectivity index (χ3n) is 3.01. The summed E-state index contributed by atoms with van der Waals surface area (Å²) in [6, 6.07) is 7.02. The molecule has 1 atom stereocenters. The Balaban J connectivity index is 2.37. The molecule has 2 N–H and O–H groups in total. The van der Waals surface area contributed by atoms with Gasteiger partial charge >= 0.3 is 0 Å². The van der Waals surface area contributed by atoms with Crippen molar-refractivity contribution in [1.82, 2.24) is 5.32 Å². The summed E-state index contributed by atoms with van der Waals surface area (Å²) in [7, 11) is 0. The lowest BCUT2D eigenvalue weighted by Gasteiger charge is -2.15. The summed E-state index contributed by atoms with van der Waals surface area (Å²) >= 11 is 0. The zero-order valence-electron chi connectivity index (χ0n) is 10.9. The molecule has 0 saturated carbocycles. The van der Waals surface area contributed by atoms with Gasteiger partial charge < -0.3 is 10.6 Å². The van der Waals surface area contributed by atoms with Crippen molar-refractivity contribution in [2.45, 2.75) is 40.2 Å². The van der Waals surface area contributed by atoms with Crippen LogP contribution >= 0.6 is 0 Å². The van der Waals surface area contributed by atoms with Gasteiger partial charge in [0.25, 0.3) is 0 Å². The first-order chi connectivity index (χ1) is 7.65. The Bertz CT molecular complexity index is 300. The number of benzene rings is 1. The van der Waals surface area contributed by atoms with Crippen molar-refractivity contribution in [3.05, 3.63) is 29.3 Å². The lowest BCUT2D eigenvalue weighted by molar-refractivity contribution is 0.546. The number of rotatable bonds is 6. The Morgan fingerprint density at radius 3 is 2.31 bits per heavy atom. The molecule has 0 fully saturated rings. The number of hydrogen-bond donors (Lipinski definition) is 2. The van der Waals surface area contributed by atoms with Gasteiger partial charge in [0, 0.05) is 24.8 Å². The van der Waals surface area contributed by atoms with E-state index in [4.69, 9.17) is 0 Å². The van der Waals surface area contributed by atoms with Crippen LogP contribution < -0.4 is 10.6 Å². The minimum Gasteiger partial charge on any atom is -0.383 e. The fraction of sp³-hybridized carbons (Fsp3) is 0.571. The quantitative estimate of drug-likeness (QED) is 0.720. The minimum absolute atomic E-state index is 0.611. The highest BCUT2D eigenvalue weighted by molar-refractivity contribution is 5.56. The van der Waals surface area contributed by atoms with Gasteiger partial charge in [0.15, 0.2) is 0 Å². The van der Waals surface area contributed by atoms with Crippen LogP contribution in [0.4, 0.5) is 5.69 Å². The number of hydrogen-bond acceptors (Lipinski definition) is 2. The van der Waals surface area contributed by atoms with Gasteiger partial charge in [-0.2, -0.15) is 0 Å². The second-order valence-corrected chi connectivity index (χ2v) is 4.46. The molecule has 0 radical (unpaired) electrons. The first-order valence-electron chi connectivity index (χ1n) is 6.18. The molecule has 0 aromatic heterocycles. The number of para-hydroxylation sites is 1. The van der Waals surface area contributed by atoms with E-state index in [0.29, 0.717) is 6.04 Å². The van der Waals surface area contributed by atoms with Gasteiger partial charge in [0.1, 0.15) is 0 Å². The van der Waals surface area contributed by atoms with Gasteiger partial charge in [0.2, 0.25) is 0 Å². The van der Waals surface area contributed by atoms with Crippen LogP contribution in [0.3, 0.4) is 0 Å². The summed E-state index contributed by atoms with van der Waals surface area (Å²) in [6.07, 6.45) is 1.18. The van der Waals surface area contributed by atoms with Crippen molar-refractivity contribution in [3.63, 3.8) is 0 Å². The Labute approximate surface area is 99.5 Å². The van der Waals surface area contributed by atoms with Gasteiger partial charge in [-0.25, -0.2) is 0 Å². The lowest BCUT2D eigenvalue weighted by Crippen LogP contribution is -2.30. The maximum absolute atomic E-state index is 3.50. The highest BCUT2D eigenvalue weighted by Gasteiger charge is 2.01. The Morgan fingerprint density at radius 2 is 1.75 bits per heavy atom. The number of aryl methyl sites for hydroxylation is 2. The van der Waals surface area contributed by atoms with E-state index in [1.54, 1.807) is 0 Å². The molecule has 0 heterocycles. The molecule has 2 heteroatoms. The molecule has 1 aromatic rings. The topological polar surface area (TPSA) is 24.1 Å². The average molecular weight is 220 g/mol. The summed E-state index contributed by atoms with van der Waals surface area (Å²) in [6.45, 7) is 10.7. The molecule has 16 heavy (non-hydrogen) atoms. The molecule has 0 spiro atoms. The molecule has 1 aromatic carbocycles. The first kappa shape index (κ1) is 13.0. The predicted octanol–water partition coefficient (Wildman–Crippen LogP) is 3.10. The van der Waals surface area contributed by atoms with E-state index in [2.05, 4.69) is 56.5 Å². The normalized spacial score (nSPS) is 12.5. The molecule has 0 aliphatic heterocycles. The van der Waals surface area contributed by atoms with Crippen molar-refractivity contribution in [1.29, 1.82) is 0 Å². The van der Waals surface area contributed by atoms with Gasteiger partial charge in [-0.3, -0.25) is 0 Å². The lowest BCUT2D eigenvalue weighted by atomic mass is 10.1. The fourth-order valence-electron chi connectivity index (χ4n) is 1.74. The van der Waals surface area contributed by atoms with Gasteiger partial charge in [0.05, 0.1) is 0 Å². The average Bonchev–Trinajstić information content (AvgIpc) is 2.27. The summed E-state index contributed by atoms with van der Waals surface area (Å²) in [5.74, 6) is 0. The fourth-order valence-corrected chi connectivity index (χ4v) is 1.74. The van der Waals surface area contributed by atoms with E-state index in [1.807, 2.05) is 0 Å². The molecule has 1 unspecified atom stereocenters. The van der Waals surface area contributed by atoms with Crippen molar-refractivity contribution >= 4 is 5.69 Å². The Morgan fingerprint density at radius 1 is 1.12 bits per heavy atom. The number of anilines is 1. The molecule has 0 saturated heterocycles. The maximum Gasteiger partial charge on any atom is 0.0400 e. The molecule has 0 bridgehead atoms. The van der Waals surface area contributed by atoms with Gasteiger partial charge in [-0.1, -0.05) is 25.1 Å². The third kappa shape index (κ3) is 3.86. The van der Waals surface area contributed by atoms with Gasteiger partial charge in [-0.05, 0) is 38.3 Å². The highest BCUT2D eigenvalue weighted by atomic mass is 15.0. The van der Waals surface area contributed by atoms with Crippen LogP contribution in [0.2, 0.25) is 0 Å². The predicted molar refractivity (Wildman–Crippen MR) is 72.2 cm³/mol. The van der Waals surface area contributed by atoms with Crippen LogP contribution in [-0.2, 0) is 0 Å². The largest absolute Gasteiger partial charge is 0.383 e. The highest BCUT2D eigenvalue weighted by Crippen LogP contribution is 2.18. The molecule has 90 valence electrons. The van der Waals surface area contributed by atoms with E-state index in [1.165, 1.54) is 23.2 Å². The summed E-state index contributed by atoms with van der Waals surface area (Å²) < 4.78 is 0. The minimum atomic E-state index is 0.611. The van der Waals surface area contributed by atoms with Crippen LogP contribution in [0.25, 0.3) is 0 Å². The molecular weight excluding hydrogens is 196 g/mol. The van der Waals surface area contributed by atoms with Crippen LogP contribution in [0, 0.1) is 13.8 Å². The van der Waals surface area contributed by atoms with E-state index in [9.17, 15) is 0 Å². The molecule has 0 aliphatic carbocycles. The van der Waals surface area contributed by atoms with E-state index < -0.39 is 0 Å². The van der Waals surface area contributed by atoms with E-state index in [-0.39, 0.29) is 0 Å². The molecule has 0 aliphatic rings. The summed E-state index contributed by atoms with van der Waals surface area (Å²) in [5.41, 5.74) is 3.93. The summed E-state index contributed by atoms with van der Waals surface area (Å²) in [4.78, 5) is 0. The van der Waals surface area contributed by atoms with Crippen molar-refractivity contribution in [3.8, 4) is 0 Å². The molecule has 2 nitrogen and oxygen atoms in total. The third-order valence-corrected chi connectivity index (χ3v) is 3.01. The van der Waals surface area contributed by atoms with Crippen LogP contribution in [0.15, 0.2) is 18.2 Å². The second-order valence-electron chi connectivity index (χ2n) is 4.46. The van der Waals surface area contributed by atoms with Crippen LogP contribution in [0.1, 0.15) is 31.4 Å². The van der Waals surface area contributed by atoms with Crippen molar-refractivity contribution < 1.29 is 0 Å². The van der Waals surface area contributed by atoms with Crippen LogP contribution in [0.5, 0.6) is 0 Å². The molecular formula is C14H24N2. The zero-order valence-corrected chi connectivity index (χ0v) is 10.9. The SMILES string of the molecule is CCC(C)NCCNc1c(C)cccc1C. The molecule has 1 rings (SSSR count). The molecule has 0 amide bonds. The number of nitrogens with one attached hydrogen (secondary N) is 2. The standard InChI is InChI=1S/C14H24N2/c1-5-13(4)15-9-10-16-14-11(2)7-6-8-12(14)3/h6-8,13,15-16H,5,9-10H2,1-4H3. The first-order valence-corrected chi connectivity index (χ1v) is 6.18. The van der Waals surface area contributed by atoms with Crippen LogP contribution in [-0.4, -0.2) is 19.1 Å². The second kappa shape index (κ2) is 6.54. The maximum atomic E-state index is 3.50. The van der Waals surface area contributed by atoms with Gasteiger partial charge in [-0.15, -0.1) is 0 Å². The Hall–Kier alpha value is -1.02. The van der Waals surface area contributed by atoms with E-state index >= 15 is 0 Å². The van der Waals surface area contributed by atoms with Crippen molar-refractivity contribution in [2.75, 3.05) is 18.4 Å². The zero-order chi connectivity index (χ0) is 12.0. The van der Waals surface area contributed by atoms with Crippen molar-refractivity contribution in [2.24, 2.45) is 0 Å². The smallest absolute Gasteiger partial charge is 0.0400 e. The van der Waals surface area contributed by atoms with E-state index in [0.717, 1.165) is 13.1 Å². The summed E-state index contributed by atoms with van der Waals surface area (Å²) in [5, 5.41) is 6.98. The Kier molecular flexibility index (Phi) is 5.33. The monoisotopic (exact) mass is 220 g/mol.